The molecule has 18 heavy (non-hydrogen) atoms. The predicted molar refractivity (Wildman–Crippen MR) is 64.7 cm³/mol. The number of carbonyl (C=O) groups excluding carboxylic acids is 1. The predicted octanol–water partition coefficient (Wildman–Crippen LogP) is 0.793. The molecule has 0 aliphatic rings. The molecule has 0 saturated heterocycles. The van der Waals surface area contributed by atoms with E-state index in [0.717, 1.165) is 11.0 Å². The number of nitrogens with zero attached hydrogens (tertiary/aromatic N) is 4. The maximum Gasteiger partial charge on any atom is 0.246 e. The molecular weight excluding hydrogens is 232 g/mol. The molecule has 1 amide bonds. The van der Waals surface area contributed by atoms with Crippen molar-refractivity contribution in [2.45, 2.75) is 6.54 Å². The number of fused-ring (bicyclic) bond motifs is 1. The third-order valence-corrected chi connectivity index (χ3v) is 2.51. The number of amides is 1. The molecule has 0 spiro atoms. The molecular formula is C11H10N6O. The number of anilines is 1. The van der Waals surface area contributed by atoms with E-state index in [4.69, 9.17) is 0 Å². The van der Waals surface area contributed by atoms with Crippen molar-refractivity contribution in [2.75, 3.05) is 5.32 Å². The maximum atomic E-state index is 11.8. The van der Waals surface area contributed by atoms with Gasteiger partial charge in [0.1, 0.15) is 12.9 Å². The van der Waals surface area contributed by atoms with Crippen LogP contribution in [0.25, 0.3) is 11.0 Å². The normalized spacial score (nSPS) is 10.7. The van der Waals surface area contributed by atoms with Crippen LogP contribution in [0.2, 0.25) is 0 Å². The van der Waals surface area contributed by atoms with E-state index in [0.29, 0.717) is 5.95 Å². The Morgan fingerprint density at radius 3 is 3.06 bits per heavy atom. The summed E-state index contributed by atoms with van der Waals surface area (Å²) in [6, 6.07) is 7.65. The number of hydrogen-bond donors (Lipinski definition) is 2. The summed E-state index contributed by atoms with van der Waals surface area (Å²) >= 11 is 0. The molecule has 90 valence electrons. The average Bonchev–Trinajstić information content (AvgIpc) is 3.00. The van der Waals surface area contributed by atoms with Gasteiger partial charge in [0.2, 0.25) is 11.9 Å². The Morgan fingerprint density at radius 1 is 1.33 bits per heavy atom. The van der Waals surface area contributed by atoms with Crippen LogP contribution in [-0.4, -0.2) is 30.6 Å². The molecule has 0 saturated carbocycles. The van der Waals surface area contributed by atoms with Gasteiger partial charge in [0.25, 0.3) is 0 Å². The van der Waals surface area contributed by atoms with Gasteiger partial charge in [-0.1, -0.05) is 12.1 Å². The summed E-state index contributed by atoms with van der Waals surface area (Å²) < 4.78 is 1.78. The van der Waals surface area contributed by atoms with Crippen LogP contribution in [0.4, 0.5) is 5.95 Å². The molecule has 0 radical (unpaired) electrons. The molecule has 7 nitrogen and oxygen atoms in total. The Kier molecular flexibility index (Phi) is 2.49. The number of H-pyrrole nitrogens is 1. The van der Waals surface area contributed by atoms with Crippen LogP contribution in [0.3, 0.4) is 0 Å². The number of aromatic amines is 1. The third-order valence-electron chi connectivity index (χ3n) is 2.51. The SMILES string of the molecule is O=C(Cn1cnc2ccccc21)Nc1ncn[nH]1. The number of carbonyl (C=O) groups is 1. The lowest BCUT2D eigenvalue weighted by atomic mass is 10.3. The van der Waals surface area contributed by atoms with Gasteiger partial charge < -0.3 is 4.57 Å². The summed E-state index contributed by atoms with van der Waals surface area (Å²) in [4.78, 5) is 19.8. The number of nitrogens with one attached hydrogen (secondary N) is 2. The van der Waals surface area contributed by atoms with Crippen molar-refractivity contribution in [1.29, 1.82) is 0 Å². The average molecular weight is 242 g/mol. The second-order valence-corrected chi connectivity index (χ2v) is 3.74. The van der Waals surface area contributed by atoms with Crippen molar-refractivity contribution >= 4 is 22.9 Å². The fourth-order valence-electron chi connectivity index (χ4n) is 1.73. The number of imidazole rings is 1. The maximum absolute atomic E-state index is 11.8. The Morgan fingerprint density at radius 2 is 2.22 bits per heavy atom. The number of para-hydroxylation sites is 2. The summed E-state index contributed by atoms with van der Waals surface area (Å²) in [5, 5.41) is 8.83. The lowest BCUT2D eigenvalue weighted by Crippen LogP contribution is -2.19. The standard InChI is InChI=1S/C11H10N6O/c18-10(15-11-12-6-14-16-11)5-17-7-13-8-3-1-2-4-9(8)17/h1-4,6-7H,5H2,(H2,12,14,15,16,18). The minimum Gasteiger partial charge on any atom is -0.321 e. The van der Waals surface area contributed by atoms with E-state index in [1.807, 2.05) is 24.3 Å². The summed E-state index contributed by atoms with van der Waals surface area (Å²) in [5.41, 5.74) is 1.79. The fraction of sp³-hybridized carbons (Fsp3) is 0.0909. The first-order valence-electron chi connectivity index (χ1n) is 5.38. The Balaban J connectivity index is 1.78. The molecule has 3 aromatic rings. The van der Waals surface area contributed by atoms with Crippen LogP contribution in [0, 0.1) is 0 Å². The molecule has 2 aromatic heterocycles. The van der Waals surface area contributed by atoms with Gasteiger partial charge in [-0.3, -0.25) is 10.1 Å². The lowest BCUT2D eigenvalue weighted by molar-refractivity contribution is -0.116. The van der Waals surface area contributed by atoms with E-state index in [1.165, 1.54) is 6.33 Å². The lowest BCUT2D eigenvalue weighted by Gasteiger charge is -2.03. The van der Waals surface area contributed by atoms with Gasteiger partial charge in [-0.15, -0.1) is 0 Å². The van der Waals surface area contributed by atoms with Crippen LogP contribution >= 0.6 is 0 Å². The van der Waals surface area contributed by atoms with Crippen LogP contribution in [0.5, 0.6) is 0 Å². The molecule has 2 heterocycles. The van der Waals surface area contributed by atoms with Crippen LogP contribution < -0.4 is 5.32 Å². The highest BCUT2D eigenvalue weighted by molar-refractivity contribution is 5.89. The molecule has 2 N–H and O–H groups in total. The molecule has 7 heteroatoms. The zero-order chi connectivity index (χ0) is 12.4. The number of aromatic nitrogens is 5. The van der Waals surface area contributed by atoms with Crippen molar-refractivity contribution < 1.29 is 4.79 Å². The Hall–Kier alpha value is -2.70. The van der Waals surface area contributed by atoms with Gasteiger partial charge in [-0.05, 0) is 12.1 Å². The number of rotatable bonds is 3. The van der Waals surface area contributed by atoms with Gasteiger partial charge in [0, 0.05) is 0 Å². The first kappa shape index (κ1) is 10.5. The van der Waals surface area contributed by atoms with Crippen LogP contribution in [0.1, 0.15) is 0 Å². The van der Waals surface area contributed by atoms with Crippen LogP contribution in [0.15, 0.2) is 36.9 Å². The van der Waals surface area contributed by atoms with Crippen molar-refractivity contribution in [1.82, 2.24) is 24.7 Å². The van der Waals surface area contributed by atoms with Crippen molar-refractivity contribution in [2.24, 2.45) is 0 Å². The summed E-state index contributed by atoms with van der Waals surface area (Å²) in [6.07, 6.45) is 2.98. The first-order chi connectivity index (χ1) is 8.83. The fourth-order valence-corrected chi connectivity index (χ4v) is 1.73. The van der Waals surface area contributed by atoms with E-state index in [9.17, 15) is 4.79 Å². The molecule has 0 atom stereocenters. The smallest absolute Gasteiger partial charge is 0.246 e. The Labute approximate surface area is 102 Å². The highest BCUT2D eigenvalue weighted by Gasteiger charge is 2.08. The second-order valence-electron chi connectivity index (χ2n) is 3.74. The summed E-state index contributed by atoms with van der Waals surface area (Å²) in [7, 11) is 0. The molecule has 0 unspecified atom stereocenters. The van der Waals surface area contributed by atoms with Gasteiger partial charge >= 0.3 is 0 Å². The third kappa shape index (κ3) is 1.93. The van der Waals surface area contributed by atoms with Crippen molar-refractivity contribution in [3.8, 4) is 0 Å². The molecule has 1 aromatic carbocycles. The van der Waals surface area contributed by atoms with Crippen molar-refractivity contribution in [3.63, 3.8) is 0 Å². The quantitative estimate of drug-likeness (QED) is 0.710. The van der Waals surface area contributed by atoms with Gasteiger partial charge in [0.15, 0.2) is 0 Å². The zero-order valence-electron chi connectivity index (χ0n) is 9.37. The molecule has 0 aliphatic heterocycles. The largest absolute Gasteiger partial charge is 0.321 e. The van der Waals surface area contributed by atoms with E-state index in [2.05, 4.69) is 25.5 Å². The minimum atomic E-state index is -0.185. The first-order valence-corrected chi connectivity index (χ1v) is 5.38. The summed E-state index contributed by atoms with van der Waals surface area (Å²) in [6.45, 7) is 0.182. The topological polar surface area (TPSA) is 88.5 Å². The number of benzene rings is 1. The van der Waals surface area contributed by atoms with Crippen molar-refractivity contribution in [3.05, 3.63) is 36.9 Å². The Bertz CT molecular complexity index is 672. The van der Waals surface area contributed by atoms with Crippen LogP contribution in [-0.2, 0) is 11.3 Å². The van der Waals surface area contributed by atoms with E-state index in [-0.39, 0.29) is 12.5 Å². The molecule has 0 bridgehead atoms. The zero-order valence-corrected chi connectivity index (χ0v) is 9.37. The molecule has 3 rings (SSSR count). The van der Waals surface area contributed by atoms with Gasteiger partial charge in [-0.2, -0.15) is 10.1 Å². The monoisotopic (exact) mass is 242 g/mol. The second kappa shape index (κ2) is 4.28. The highest BCUT2D eigenvalue weighted by atomic mass is 16.2. The summed E-state index contributed by atoms with van der Waals surface area (Å²) in [5.74, 6) is 0.152. The van der Waals surface area contributed by atoms with E-state index in [1.54, 1.807) is 10.9 Å². The highest BCUT2D eigenvalue weighted by Crippen LogP contribution is 2.11. The number of hydrogen-bond acceptors (Lipinski definition) is 4. The molecule has 0 aliphatic carbocycles. The van der Waals surface area contributed by atoms with E-state index >= 15 is 0 Å². The van der Waals surface area contributed by atoms with E-state index < -0.39 is 0 Å². The molecule has 0 fully saturated rings. The minimum absolute atomic E-state index is 0.182. The van der Waals surface area contributed by atoms with Gasteiger partial charge in [0.05, 0.1) is 17.4 Å². The van der Waals surface area contributed by atoms with Gasteiger partial charge in [-0.25, -0.2) is 10.1 Å².